The lowest BCUT2D eigenvalue weighted by atomic mass is 10.1. The van der Waals surface area contributed by atoms with Crippen molar-refractivity contribution >= 4 is 16.8 Å². The molecule has 1 aromatic carbocycles. The molecular formula is C20H25N5O. The number of para-hydroxylation sites is 1. The molecule has 0 spiro atoms. The van der Waals surface area contributed by atoms with E-state index in [2.05, 4.69) is 29.2 Å². The molecule has 2 heterocycles. The summed E-state index contributed by atoms with van der Waals surface area (Å²) >= 11 is 0. The molecule has 0 fully saturated rings. The van der Waals surface area contributed by atoms with Crippen LogP contribution in [0.15, 0.2) is 42.6 Å². The minimum absolute atomic E-state index is 0.0702. The highest BCUT2D eigenvalue weighted by Crippen LogP contribution is 2.24. The van der Waals surface area contributed by atoms with Gasteiger partial charge in [-0.3, -0.25) is 9.48 Å². The monoisotopic (exact) mass is 351 g/mol. The van der Waals surface area contributed by atoms with Crippen molar-refractivity contribution in [3.63, 3.8) is 0 Å². The lowest BCUT2D eigenvalue weighted by molar-refractivity contribution is 0.0950. The zero-order valence-corrected chi connectivity index (χ0v) is 15.6. The van der Waals surface area contributed by atoms with Crippen LogP contribution in [-0.4, -0.2) is 51.8 Å². The lowest BCUT2D eigenvalue weighted by Crippen LogP contribution is -2.34. The topological polar surface area (TPSA) is 63.1 Å². The zero-order chi connectivity index (χ0) is 18.5. The van der Waals surface area contributed by atoms with Gasteiger partial charge in [-0.25, -0.2) is 4.98 Å². The van der Waals surface area contributed by atoms with Crippen molar-refractivity contribution in [2.75, 3.05) is 26.2 Å². The molecule has 0 saturated heterocycles. The first-order valence-corrected chi connectivity index (χ1v) is 9.02. The van der Waals surface area contributed by atoms with Crippen molar-refractivity contribution in [2.24, 2.45) is 7.05 Å². The van der Waals surface area contributed by atoms with Gasteiger partial charge >= 0.3 is 0 Å². The SMILES string of the molecule is CCN(CC)CCNC(=O)c1cc(-c2ccnn2C)nc2ccccc12. The number of hydrogen-bond donors (Lipinski definition) is 1. The van der Waals surface area contributed by atoms with Gasteiger partial charge in [0.15, 0.2) is 0 Å². The van der Waals surface area contributed by atoms with E-state index < -0.39 is 0 Å². The second kappa shape index (κ2) is 8.10. The Bertz CT molecular complexity index is 898. The minimum atomic E-state index is -0.0702. The Morgan fingerprint density at radius 2 is 1.96 bits per heavy atom. The maximum Gasteiger partial charge on any atom is 0.252 e. The predicted molar refractivity (Wildman–Crippen MR) is 104 cm³/mol. The average molecular weight is 351 g/mol. The van der Waals surface area contributed by atoms with Gasteiger partial charge in [-0.1, -0.05) is 32.0 Å². The molecule has 6 nitrogen and oxygen atoms in total. The zero-order valence-electron chi connectivity index (χ0n) is 15.6. The first-order valence-electron chi connectivity index (χ1n) is 9.02. The van der Waals surface area contributed by atoms with Crippen LogP contribution in [0.5, 0.6) is 0 Å². The Morgan fingerprint density at radius 1 is 1.19 bits per heavy atom. The van der Waals surface area contributed by atoms with Gasteiger partial charge in [0, 0.05) is 31.7 Å². The summed E-state index contributed by atoms with van der Waals surface area (Å²) in [6.07, 6.45) is 1.73. The van der Waals surface area contributed by atoms with Gasteiger partial charge in [-0.2, -0.15) is 5.10 Å². The fourth-order valence-corrected chi connectivity index (χ4v) is 3.08. The number of pyridine rings is 1. The molecule has 0 unspecified atom stereocenters. The first kappa shape index (κ1) is 18.1. The first-order chi connectivity index (χ1) is 12.6. The summed E-state index contributed by atoms with van der Waals surface area (Å²) in [6, 6.07) is 11.5. The second-order valence-electron chi connectivity index (χ2n) is 6.20. The van der Waals surface area contributed by atoms with Crippen LogP contribution in [0.4, 0.5) is 0 Å². The van der Waals surface area contributed by atoms with Crippen LogP contribution in [0.2, 0.25) is 0 Å². The van der Waals surface area contributed by atoms with Gasteiger partial charge < -0.3 is 10.2 Å². The van der Waals surface area contributed by atoms with E-state index in [-0.39, 0.29) is 5.91 Å². The highest BCUT2D eigenvalue weighted by Gasteiger charge is 2.15. The third-order valence-corrected chi connectivity index (χ3v) is 4.65. The molecule has 0 aliphatic heterocycles. The summed E-state index contributed by atoms with van der Waals surface area (Å²) in [5.41, 5.74) is 3.08. The summed E-state index contributed by atoms with van der Waals surface area (Å²) in [7, 11) is 1.87. The smallest absolute Gasteiger partial charge is 0.252 e. The predicted octanol–water partition coefficient (Wildman–Crippen LogP) is 2.71. The Hall–Kier alpha value is -2.73. The summed E-state index contributed by atoms with van der Waals surface area (Å²) in [5, 5.41) is 8.11. The van der Waals surface area contributed by atoms with Crippen LogP contribution >= 0.6 is 0 Å². The van der Waals surface area contributed by atoms with Gasteiger partial charge in [0.2, 0.25) is 0 Å². The number of hydrogen-bond acceptors (Lipinski definition) is 4. The third-order valence-electron chi connectivity index (χ3n) is 4.65. The third kappa shape index (κ3) is 3.75. The van der Waals surface area contributed by atoms with E-state index in [0.29, 0.717) is 12.1 Å². The molecule has 1 amide bonds. The van der Waals surface area contributed by atoms with Gasteiger partial charge in [-0.15, -0.1) is 0 Å². The number of carbonyl (C=O) groups is 1. The molecule has 26 heavy (non-hydrogen) atoms. The second-order valence-corrected chi connectivity index (χ2v) is 6.20. The van der Waals surface area contributed by atoms with E-state index in [0.717, 1.165) is 41.9 Å². The van der Waals surface area contributed by atoms with Crippen molar-refractivity contribution < 1.29 is 4.79 Å². The van der Waals surface area contributed by atoms with Crippen LogP contribution in [0.1, 0.15) is 24.2 Å². The molecule has 2 aromatic heterocycles. The molecule has 0 atom stereocenters. The molecule has 3 rings (SSSR count). The number of likely N-dealkylation sites (N-methyl/N-ethyl adjacent to an activating group) is 1. The summed E-state index contributed by atoms with van der Waals surface area (Å²) in [4.78, 5) is 19.8. The average Bonchev–Trinajstić information content (AvgIpc) is 3.10. The molecular weight excluding hydrogens is 326 g/mol. The van der Waals surface area contributed by atoms with Crippen molar-refractivity contribution in [1.82, 2.24) is 25.0 Å². The van der Waals surface area contributed by atoms with Crippen molar-refractivity contribution in [1.29, 1.82) is 0 Å². The van der Waals surface area contributed by atoms with Crippen LogP contribution in [0, 0.1) is 0 Å². The maximum absolute atomic E-state index is 12.8. The van der Waals surface area contributed by atoms with E-state index in [4.69, 9.17) is 4.98 Å². The van der Waals surface area contributed by atoms with E-state index in [1.807, 2.05) is 43.4 Å². The number of aromatic nitrogens is 3. The lowest BCUT2D eigenvalue weighted by Gasteiger charge is -2.18. The normalized spacial score (nSPS) is 11.2. The van der Waals surface area contributed by atoms with Crippen molar-refractivity contribution in [3.05, 3.63) is 48.2 Å². The standard InChI is InChI=1S/C20H25N5O/c1-4-25(5-2)13-12-21-20(26)16-14-18(19-10-11-22-24(19)3)23-17-9-7-6-8-15(16)17/h6-11,14H,4-5,12-13H2,1-3H3,(H,21,26). The maximum atomic E-state index is 12.8. The van der Waals surface area contributed by atoms with Gasteiger partial charge in [0.1, 0.15) is 0 Å². The summed E-state index contributed by atoms with van der Waals surface area (Å²) in [6.45, 7) is 7.68. The fourth-order valence-electron chi connectivity index (χ4n) is 3.08. The number of nitrogens with zero attached hydrogens (tertiary/aromatic N) is 4. The molecule has 0 aliphatic rings. The fraction of sp³-hybridized carbons (Fsp3) is 0.350. The summed E-state index contributed by atoms with van der Waals surface area (Å²) < 4.78 is 1.76. The highest BCUT2D eigenvalue weighted by molar-refractivity contribution is 6.07. The van der Waals surface area contributed by atoms with E-state index >= 15 is 0 Å². The summed E-state index contributed by atoms with van der Waals surface area (Å²) in [5.74, 6) is -0.0702. The largest absolute Gasteiger partial charge is 0.351 e. The number of amides is 1. The Labute approximate surface area is 153 Å². The number of benzene rings is 1. The van der Waals surface area contributed by atoms with Gasteiger partial charge in [0.25, 0.3) is 5.91 Å². The number of carbonyl (C=O) groups excluding carboxylic acids is 1. The minimum Gasteiger partial charge on any atom is -0.351 e. The molecule has 0 bridgehead atoms. The van der Waals surface area contributed by atoms with E-state index in [9.17, 15) is 4.79 Å². The van der Waals surface area contributed by atoms with Crippen LogP contribution in [0.3, 0.4) is 0 Å². The Morgan fingerprint density at radius 3 is 2.65 bits per heavy atom. The number of rotatable bonds is 7. The van der Waals surface area contributed by atoms with E-state index in [1.54, 1.807) is 10.9 Å². The van der Waals surface area contributed by atoms with Crippen molar-refractivity contribution in [3.8, 4) is 11.4 Å². The molecule has 1 N–H and O–H groups in total. The molecule has 0 saturated carbocycles. The van der Waals surface area contributed by atoms with Crippen molar-refractivity contribution in [2.45, 2.75) is 13.8 Å². The number of fused-ring (bicyclic) bond motifs is 1. The van der Waals surface area contributed by atoms with Gasteiger partial charge in [0.05, 0.1) is 22.5 Å². The van der Waals surface area contributed by atoms with Crippen LogP contribution < -0.4 is 5.32 Å². The Balaban J connectivity index is 1.91. The van der Waals surface area contributed by atoms with Gasteiger partial charge in [-0.05, 0) is 31.3 Å². The number of aryl methyl sites for hydroxylation is 1. The molecule has 6 heteroatoms. The molecule has 0 aliphatic carbocycles. The molecule has 0 radical (unpaired) electrons. The number of nitrogens with one attached hydrogen (secondary N) is 1. The quantitative estimate of drug-likeness (QED) is 0.711. The molecule has 3 aromatic rings. The molecule has 136 valence electrons. The van der Waals surface area contributed by atoms with Crippen LogP contribution in [-0.2, 0) is 7.05 Å². The highest BCUT2D eigenvalue weighted by atomic mass is 16.1. The van der Waals surface area contributed by atoms with E-state index in [1.165, 1.54) is 0 Å². The Kier molecular flexibility index (Phi) is 5.63. The van der Waals surface area contributed by atoms with Crippen LogP contribution in [0.25, 0.3) is 22.3 Å².